The van der Waals surface area contributed by atoms with E-state index in [1.54, 1.807) is 19.2 Å². The van der Waals surface area contributed by atoms with Gasteiger partial charge in [-0.3, -0.25) is 4.79 Å². The minimum atomic E-state index is -3.78. The van der Waals surface area contributed by atoms with Crippen LogP contribution >= 0.6 is 12.4 Å². The average molecular weight is 322 g/mol. The first kappa shape index (κ1) is 18.9. The molecule has 0 spiro atoms. The second kappa shape index (κ2) is 8.21. The Morgan fingerprint density at radius 1 is 1.35 bits per heavy atom. The van der Waals surface area contributed by atoms with Crippen LogP contribution in [-0.2, 0) is 21.2 Å². The summed E-state index contributed by atoms with van der Waals surface area (Å²) in [6.07, 6.45) is 0.872. The van der Waals surface area contributed by atoms with Crippen LogP contribution in [0.5, 0.6) is 0 Å². The molecule has 0 aliphatic heterocycles. The topological polar surface area (TPSA) is 101 Å². The van der Waals surface area contributed by atoms with Gasteiger partial charge in [-0.1, -0.05) is 13.0 Å². The molecule has 0 saturated heterocycles. The number of hydrogen-bond donors (Lipinski definition) is 3. The van der Waals surface area contributed by atoms with Gasteiger partial charge in [0.25, 0.3) is 0 Å². The van der Waals surface area contributed by atoms with Crippen molar-refractivity contribution in [1.82, 2.24) is 5.32 Å². The molecule has 0 fully saturated rings. The van der Waals surface area contributed by atoms with Gasteiger partial charge in [0.2, 0.25) is 15.9 Å². The lowest BCUT2D eigenvalue weighted by molar-refractivity contribution is -0.116. The molecule has 8 heteroatoms. The van der Waals surface area contributed by atoms with Crippen LogP contribution in [0.15, 0.2) is 23.1 Å². The van der Waals surface area contributed by atoms with Gasteiger partial charge in [0.05, 0.1) is 4.90 Å². The number of carbonyl (C=O) groups excluding carboxylic acids is 1. The van der Waals surface area contributed by atoms with Crippen LogP contribution in [-0.4, -0.2) is 27.9 Å². The van der Waals surface area contributed by atoms with E-state index in [0.29, 0.717) is 30.6 Å². The highest BCUT2D eigenvalue weighted by Gasteiger charge is 2.14. The van der Waals surface area contributed by atoms with Crippen LogP contribution in [0.1, 0.15) is 18.9 Å². The molecule has 6 nitrogen and oxygen atoms in total. The maximum absolute atomic E-state index is 11.6. The number of carbonyl (C=O) groups is 1. The fourth-order valence-electron chi connectivity index (χ4n) is 1.65. The van der Waals surface area contributed by atoms with E-state index in [2.05, 4.69) is 10.6 Å². The van der Waals surface area contributed by atoms with Crippen LogP contribution in [0, 0.1) is 0 Å². The van der Waals surface area contributed by atoms with Gasteiger partial charge in [0, 0.05) is 18.7 Å². The lowest BCUT2D eigenvalue weighted by Gasteiger charge is -2.10. The molecule has 0 bridgehead atoms. The zero-order chi connectivity index (χ0) is 14.5. The standard InChI is InChI=1S/C12H19N3O3S.ClH/c1-3-9-4-5-10(8-11(9)19(13,17)18)15-12(16)6-7-14-2;/h4-5,8,14H,3,6-7H2,1-2H3,(H,15,16)(H2,13,17,18);1H. The molecule has 0 aliphatic rings. The molecule has 0 aromatic heterocycles. The summed E-state index contributed by atoms with van der Waals surface area (Å²) >= 11 is 0. The third-order valence-electron chi connectivity index (χ3n) is 2.64. The first-order valence-corrected chi connectivity index (χ1v) is 7.53. The number of anilines is 1. The van der Waals surface area contributed by atoms with Crippen molar-refractivity contribution < 1.29 is 13.2 Å². The number of benzene rings is 1. The molecule has 0 saturated carbocycles. The molecule has 1 amide bonds. The normalized spacial score (nSPS) is 10.8. The van der Waals surface area contributed by atoms with Crippen LogP contribution < -0.4 is 15.8 Å². The highest BCUT2D eigenvalue weighted by atomic mass is 35.5. The quantitative estimate of drug-likeness (QED) is 0.723. The van der Waals surface area contributed by atoms with Gasteiger partial charge < -0.3 is 10.6 Å². The van der Waals surface area contributed by atoms with Crippen LogP contribution in [0.4, 0.5) is 5.69 Å². The SMILES string of the molecule is CCc1ccc(NC(=O)CCNC)cc1S(N)(=O)=O.Cl. The minimum absolute atomic E-state index is 0. The molecular formula is C12H20ClN3O3S. The van der Waals surface area contributed by atoms with E-state index in [0.717, 1.165) is 0 Å². The summed E-state index contributed by atoms with van der Waals surface area (Å²) in [5.41, 5.74) is 1.07. The Balaban J connectivity index is 0.00000361. The average Bonchev–Trinajstić information content (AvgIpc) is 2.35. The number of sulfonamides is 1. The van der Waals surface area contributed by atoms with Gasteiger partial charge >= 0.3 is 0 Å². The molecule has 0 unspecified atom stereocenters. The van der Waals surface area contributed by atoms with Crippen molar-refractivity contribution in [3.63, 3.8) is 0 Å². The highest BCUT2D eigenvalue weighted by molar-refractivity contribution is 7.89. The molecule has 0 radical (unpaired) electrons. The number of hydrogen-bond acceptors (Lipinski definition) is 4. The zero-order valence-corrected chi connectivity index (χ0v) is 13.1. The van der Waals surface area contributed by atoms with Crippen LogP contribution in [0.25, 0.3) is 0 Å². The molecule has 0 atom stereocenters. The Kier molecular flexibility index (Phi) is 7.74. The number of aryl methyl sites for hydroxylation is 1. The predicted octanol–water partition coefficient (Wildman–Crippen LogP) is 0.866. The summed E-state index contributed by atoms with van der Waals surface area (Å²) in [6.45, 7) is 2.40. The molecule has 114 valence electrons. The van der Waals surface area contributed by atoms with E-state index in [9.17, 15) is 13.2 Å². The number of nitrogens with two attached hydrogens (primary N) is 1. The van der Waals surface area contributed by atoms with Crippen molar-refractivity contribution in [2.45, 2.75) is 24.7 Å². The molecular weight excluding hydrogens is 302 g/mol. The summed E-state index contributed by atoms with van der Waals surface area (Å²) in [5, 5.41) is 10.7. The van der Waals surface area contributed by atoms with Gasteiger partial charge in [0.1, 0.15) is 0 Å². The van der Waals surface area contributed by atoms with Gasteiger partial charge in [-0.2, -0.15) is 0 Å². The lowest BCUT2D eigenvalue weighted by atomic mass is 10.1. The number of rotatable bonds is 6. The number of nitrogens with one attached hydrogen (secondary N) is 2. The van der Waals surface area contributed by atoms with E-state index in [1.807, 2.05) is 6.92 Å². The van der Waals surface area contributed by atoms with Crippen molar-refractivity contribution in [2.75, 3.05) is 18.9 Å². The number of primary sulfonamides is 1. The molecule has 20 heavy (non-hydrogen) atoms. The largest absolute Gasteiger partial charge is 0.326 e. The summed E-state index contributed by atoms with van der Waals surface area (Å²) in [4.78, 5) is 11.6. The number of halogens is 1. The van der Waals surface area contributed by atoms with E-state index in [1.165, 1.54) is 6.07 Å². The molecule has 1 aromatic carbocycles. The first-order valence-electron chi connectivity index (χ1n) is 5.98. The second-order valence-corrected chi connectivity index (χ2v) is 5.65. The van der Waals surface area contributed by atoms with Gasteiger partial charge in [-0.15, -0.1) is 12.4 Å². The molecule has 1 rings (SSSR count). The second-order valence-electron chi connectivity index (χ2n) is 4.12. The van der Waals surface area contributed by atoms with Crippen molar-refractivity contribution in [1.29, 1.82) is 0 Å². The Morgan fingerprint density at radius 3 is 2.50 bits per heavy atom. The summed E-state index contributed by atoms with van der Waals surface area (Å²) in [5.74, 6) is -0.182. The Bertz CT molecular complexity index is 561. The van der Waals surface area contributed by atoms with Gasteiger partial charge in [-0.05, 0) is 31.2 Å². The Hall–Kier alpha value is -1.15. The summed E-state index contributed by atoms with van der Waals surface area (Å²) < 4.78 is 23.0. The van der Waals surface area contributed by atoms with E-state index in [-0.39, 0.29) is 23.2 Å². The molecule has 0 heterocycles. The van der Waals surface area contributed by atoms with Crippen LogP contribution in [0.3, 0.4) is 0 Å². The van der Waals surface area contributed by atoms with Gasteiger partial charge in [-0.25, -0.2) is 13.6 Å². The molecule has 4 N–H and O–H groups in total. The Morgan fingerprint density at radius 2 is 2.00 bits per heavy atom. The van der Waals surface area contributed by atoms with E-state index < -0.39 is 10.0 Å². The summed E-state index contributed by atoms with van der Waals surface area (Å²) in [7, 11) is -2.03. The number of amides is 1. The predicted molar refractivity (Wildman–Crippen MR) is 81.6 cm³/mol. The third kappa shape index (κ3) is 5.46. The zero-order valence-electron chi connectivity index (χ0n) is 11.5. The van der Waals surface area contributed by atoms with Crippen molar-refractivity contribution in [3.8, 4) is 0 Å². The van der Waals surface area contributed by atoms with Crippen molar-refractivity contribution >= 4 is 34.0 Å². The highest BCUT2D eigenvalue weighted by Crippen LogP contribution is 2.20. The van der Waals surface area contributed by atoms with Gasteiger partial charge in [0.15, 0.2) is 0 Å². The third-order valence-corrected chi connectivity index (χ3v) is 3.63. The maximum Gasteiger partial charge on any atom is 0.238 e. The maximum atomic E-state index is 11.6. The van der Waals surface area contributed by atoms with Crippen LogP contribution in [0.2, 0.25) is 0 Å². The van der Waals surface area contributed by atoms with E-state index in [4.69, 9.17) is 5.14 Å². The Labute approximate surface area is 125 Å². The lowest BCUT2D eigenvalue weighted by Crippen LogP contribution is -2.19. The van der Waals surface area contributed by atoms with Crippen molar-refractivity contribution in [2.24, 2.45) is 5.14 Å². The fourth-order valence-corrected chi connectivity index (χ4v) is 2.52. The monoisotopic (exact) mass is 321 g/mol. The summed E-state index contributed by atoms with van der Waals surface area (Å²) in [6, 6.07) is 4.73. The molecule has 0 aliphatic carbocycles. The fraction of sp³-hybridized carbons (Fsp3) is 0.417. The van der Waals surface area contributed by atoms with Crippen molar-refractivity contribution in [3.05, 3.63) is 23.8 Å². The minimum Gasteiger partial charge on any atom is -0.326 e. The molecule has 1 aromatic rings. The van der Waals surface area contributed by atoms with E-state index >= 15 is 0 Å². The first-order chi connectivity index (χ1) is 8.88. The smallest absolute Gasteiger partial charge is 0.238 e.